The van der Waals surface area contributed by atoms with Gasteiger partial charge in [-0.2, -0.15) is 0 Å². The largest absolute Gasteiger partial charge is 0.497 e. The molecule has 0 aliphatic rings. The predicted octanol–water partition coefficient (Wildman–Crippen LogP) is 3.78. The fourth-order valence-corrected chi connectivity index (χ4v) is 2.97. The lowest BCUT2D eigenvalue weighted by atomic mass is 10.2. The number of methoxy groups -OCH3 is 1. The highest BCUT2D eigenvalue weighted by Gasteiger charge is 2.13. The lowest BCUT2D eigenvalue weighted by Gasteiger charge is -2.19. The van der Waals surface area contributed by atoms with Gasteiger partial charge in [0.25, 0.3) is 0 Å². The minimum Gasteiger partial charge on any atom is -0.497 e. The van der Waals surface area contributed by atoms with Crippen molar-refractivity contribution in [1.82, 2.24) is 9.97 Å². The van der Waals surface area contributed by atoms with Crippen molar-refractivity contribution in [1.29, 1.82) is 0 Å². The average Bonchev–Trinajstić information content (AvgIpc) is 2.94. The van der Waals surface area contributed by atoms with Crippen molar-refractivity contribution >= 4 is 33.1 Å². The Labute approximate surface area is 121 Å². The van der Waals surface area contributed by atoms with Crippen molar-refractivity contribution < 1.29 is 4.74 Å². The van der Waals surface area contributed by atoms with Gasteiger partial charge in [0.2, 0.25) is 0 Å². The molecule has 3 rings (SSSR count). The van der Waals surface area contributed by atoms with Crippen molar-refractivity contribution in [3.05, 3.63) is 41.5 Å². The molecule has 0 saturated heterocycles. The van der Waals surface area contributed by atoms with Gasteiger partial charge in [-0.1, -0.05) is 0 Å². The molecule has 20 heavy (non-hydrogen) atoms. The zero-order valence-corrected chi connectivity index (χ0v) is 12.4. The third-order valence-corrected chi connectivity index (χ3v) is 4.07. The lowest BCUT2D eigenvalue weighted by molar-refractivity contribution is 0.415. The number of fused-ring (bicyclic) bond motifs is 1. The smallest absolute Gasteiger partial charge is 0.154 e. The molecule has 0 saturated carbocycles. The molecular weight excluding hydrogens is 270 g/mol. The maximum atomic E-state index is 5.19. The first kappa shape index (κ1) is 12.9. The maximum absolute atomic E-state index is 5.19. The third kappa shape index (κ3) is 2.20. The van der Waals surface area contributed by atoms with Gasteiger partial charge < -0.3 is 9.64 Å². The molecule has 0 amide bonds. The van der Waals surface area contributed by atoms with E-state index in [1.165, 1.54) is 0 Å². The molecule has 0 atom stereocenters. The lowest BCUT2D eigenvalue weighted by Crippen LogP contribution is -2.12. The molecule has 0 radical (unpaired) electrons. The zero-order chi connectivity index (χ0) is 14.1. The van der Waals surface area contributed by atoms with Crippen LogP contribution in [0.4, 0.5) is 11.5 Å². The highest BCUT2D eigenvalue weighted by molar-refractivity contribution is 7.17. The molecule has 0 aliphatic carbocycles. The normalized spacial score (nSPS) is 10.8. The van der Waals surface area contributed by atoms with Crippen LogP contribution in [0.15, 0.2) is 35.7 Å². The summed E-state index contributed by atoms with van der Waals surface area (Å²) in [5.74, 6) is 2.57. The topological polar surface area (TPSA) is 38.2 Å². The first-order valence-electron chi connectivity index (χ1n) is 6.28. The molecule has 0 spiro atoms. The minimum absolute atomic E-state index is 0.784. The number of benzene rings is 1. The van der Waals surface area contributed by atoms with Crippen LogP contribution >= 0.6 is 11.3 Å². The highest BCUT2D eigenvalue weighted by atomic mass is 32.1. The summed E-state index contributed by atoms with van der Waals surface area (Å²) in [4.78, 5) is 11.1. The van der Waals surface area contributed by atoms with Crippen LogP contribution < -0.4 is 9.64 Å². The van der Waals surface area contributed by atoms with Crippen LogP contribution in [0.2, 0.25) is 0 Å². The number of aryl methyl sites for hydroxylation is 1. The van der Waals surface area contributed by atoms with Gasteiger partial charge in [-0.05, 0) is 42.6 Å². The molecule has 4 nitrogen and oxygen atoms in total. The molecule has 0 aliphatic heterocycles. The second-order valence-corrected chi connectivity index (χ2v) is 5.40. The van der Waals surface area contributed by atoms with Crippen LogP contribution in [-0.2, 0) is 0 Å². The van der Waals surface area contributed by atoms with E-state index in [1.807, 2.05) is 49.7 Å². The summed E-state index contributed by atoms with van der Waals surface area (Å²) >= 11 is 1.66. The van der Waals surface area contributed by atoms with Gasteiger partial charge in [0.05, 0.1) is 17.3 Å². The van der Waals surface area contributed by atoms with E-state index < -0.39 is 0 Å². The molecule has 102 valence electrons. The van der Waals surface area contributed by atoms with Gasteiger partial charge >= 0.3 is 0 Å². The summed E-state index contributed by atoms with van der Waals surface area (Å²) in [6.45, 7) is 1.92. The Morgan fingerprint density at radius 3 is 2.55 bits per heavy atom. The highest BCUT2D eigenvalue weighted by Crippen LogP contribution is 2.32. The van der Waals surface area contributed by atoms with Crippen LogP contribution in [0.5, 0.6) is 5.75 Å². The number of thiophene rings is 1. The Bertz CT molecular complexity index is 736. The fourth-order valence-electron chi connectivity index (χ4n) is 2.12. The second-order valence-electron chi connectivity index (χ2n) is 4.49. The summed E-state index contributed by atoms with van der Waals surface area (Å²) < 4.78 is 6.29. The van der Waals surface area contributed by atoms with Crippen LogP contribution in [0, 0.1) is 6.92 Å². The first-order chi connectivity index (χ1) is 9.69. The van der Waals surface area contributed by atoms with Gasteiger partial charge in [-0.3, -0.25) is 0 Å². The van der Waals surface area contributed by atoms with Crippen molar-refractivity contribution in [2.45, 2.75) is 6.92 Å². The second kappa shape index (κ2) is 5.09. The Kier molecular flexibility index (Phi) is 3.28. The van der Waals surface area contributed by atoms with Crippen LogP contribution in [0.25, 0.3) is 10.2 Å². The molecule has 2 aromatic heterocycles. The Morgan fingerprint density at radius 1 is 1.10 bits per heavy atom. The van der Waals surface area contributed by atoms with Crippen LogP contribution in [-0.4, -0.2) is 24.1 Å². The van der Waals surface area contributed by atoms with Gasteiger partial charge in [0, 0.05) is 12.7 Å². The number of hydrogen-bond donors (Lipinski definition) is 0. The molecule has 5 heteroatoms. The van der Waals surface area contributed by atoms with Gasteiger partial charge in [0.1, 0.15) is 11.6 Å². The van der Waals surface area contributed by atoms with Crippen molar-refractivity contribution in [3.8, 4) is 5.75 Å². The van der Waals surface area contributed by atoms with E-state index in [0.717, 1.165) is 33.3 Å². The van der Waals surface area contributed by atoms with Crippen molar-refractivity contribution in [3.63, 3.8) is 0 Å². The number of ether oxygens (including phenoxy) is 1. The molecule has 3 aromatic rings. The summed E-state index contributed by atoms with van der Waals surface area (Å²) in [6, 6.07) is 9.97. The van der Waals surface area contributed by atoms with E-state index in [2.05, 4.69) is 14.9 Å². The molecule has 0 fully saturated rings. The summed E-state index contributed by atoms with van der Waals surface area (Å²) in [5.41, 5.74) is 2.07. The average molecular weight is 285 g/mol. The van der Waals surface area contributed by atoms with E-state index in [9.17, 15) is 0 Å². The maximum Gasteiger partial charge on any atom is 0.154 e. The Hall–Kier alpha value is -2.14. The van der Waals surface area contributed by atoms with E-state index in [1.54, 1.807) is 18.4 Å². The summed E-state index contributed by atoms with van der Waals surface area (Å²) in [7, 11) is 3.68. The quantitative estimate of drug-likeness (QED) is 0.734. The van der Waals surface area contributed by atoms with Crippen LogP contribution in [0.3, 0.4) is 0 Å². The summed E-state index contributed by atoms with van der Waals surface area (Å²) in [5, 5.41) is 2.05. The zero-order valence-electron chi connectivity index (χ0n) is 11.6. The summed E-state index contributed by atoms with van der Waals surface area (Å²) in [6.07, 6.45) is 0. The van der Waals surface area contributed by atoms with Gasteiger partial charge in [0.15, 0.2) is 5.82 Å². The first-order valence-corrected chi connectivity index (χ1v) is 7.16. The molecule has 0 bridgehead atoms. The monoisotopic (exact) mass is 285 g/mol. The third-order valence-electron chi connectivity index (χ3n) is 3.17. The van der Waals surface area contributed by atoms with E-state index in [0.29, 0.717) is 0 Å². The standard InChI is InChI=1S/C15H15N3OS/c1-10-16-13-8-9-20-14(13)15(17-10)18(2)11-4-6-12(19-3)7-5-11/h4-9H,1-3H3. The van der Waals surface area contributed by atoms with Crippen molar-refractivity contribution in [2.75, 3.05) is 19.1 Å². The molecule has 0 N–H and O–H groups in total. The minimum atomic E-state index is 0.784. The number of hydrogen-bond acceptors (Lipinski definition) is 5. The number of anilines is 2. The number of nitrogens with zero attached hydrogens (tertiary/aromatic N) is 3. The van der Waals surface area contributed by atoms with Crippen LogP contribution in [0.1, 0.15) is 5.82 Å². The van der Waals surface area contributed by atoms with Gasteiger partial charge in [-0.15, -0.1) is 11.3 Å². The molecule has 1 aromatic carbocycles. The number of rotatable bonds is 3. The molecular formula is C15H15N3OS. The van der Waals surface area contributed by atoms with Gasteiger partial charge in [-0.25, -0.2) is 9.97 Å². The fraction of sp³-hybridized carbons (Fsp3) is 0.200. The Balaban J connectivity index is 2.06. The van der Waals surface area contributed by atoms with E-state index in [-0.39, 0.29) is 0 Å². The number of aromatic nitrogens is 2. The Morgan fingerprint density at radius 2 is 1.85 bits per heavy atom. The molecule has 2 heterocycles. The predicted molar refractivity (Wildman–Crippen MR) is 83.2 cm³/mol. The van der Waals surface area contributed by atoms with Crippen molar-refractivity contribution in [2.24, 2.45) is 0 Å². The SMILES string of the molecule is COc1ccc(N(C)c2nc(C)nc3ccsc23)cc1. The molecule has 0 unspecified atom stereocenters. The van der Waals surface area contributed by atoms with E-state index >= 15 is 0 Å². The van der Waals surface area contributed by atoms with E-state index in [4.69, 9.17) is 4.74 Å².